The molecule has 0 atom stereocenters. The van der Waals surface area contributed by atoms with E-state index in [0.29, 0.717) is 11.5 Å². The van der Waals surface area contributed by atoms with Crippen LogP contribution in [-0.4, -0.2) is 6.29 Å². The molecule has 2 aromatic carbocycles. The molecule has 0 spiro atoms. The maximum absolute atomic E-state index is 11.0. The van der Waals surface area contributed by atoms with Crippen LogP contribution in [0.3, 0.4) is 0 Å². The van der Waals surface area contributed by atoms with E-state index in [0.717, 1.165) is 34.5 Å². The van der Waals surface area contributed by atoms with E-state index < -0.39 is 0 Å². The SMILES string of the molecule is O=Cc1cc2c(o1)-c1ccccc1Oc1ccccc1-2. The predicted octanol–water partition coefficient (Wildman–Crippen LogP) is 4.53. The Bertz CT molecular complexity index is 752. The maximum atomic E-state index is 11.0. The molecule has 3 nitrogen and oxygen atoms in total. The first-order chi connectivity index (χ1) is 9.86. The zero-order chi connectivity index (χ0) is 13.5. The summed E-state index contributed by atoms with van der Waals surface area (Å²) >= 11 is 0. The number of ether oxygens (including phenoxy) is 1. The Hall–Kier alpha value is -2.81. The number of hydrogen-bond donors (Lipinski definition) is 0. The first-order valence-corrected chi connectivity index (χ1v) is 6.32. The summed E-state index contributed by atoms with van der Waals surface area (Å²) in [5.74, 6) is 2.48. The minimum Gasteiger partial charge on any atom is -0.456 e. The van der Waals surface area contributed by atoms with Crippen LogP contribution in [0.4, 0.5) is 0 Å². The highest BCUT2D eigenvalue weighted by Crippen LogP contribution is 2.47. The zero-order valence-corrected chi connectivity index (χ0v) is 10.5. The average molecular weight is 262 g/mol. The molecule has 0 unspecified atom stereocenters. The second-order valence-corrected chi connectivity index (χ2v) is 4.60. The smallest absolute Gasteiger partial charge is 0.185 e. The fourth-order valence-corrected chi connectivity index (χ4v) is 2.51. The Morgan fingerprint density at radius 3 is 2.20 bits per heavy atom. The first kappa shape index (κ1) is 11.1. The molecule has 20 heavy (non-hydrogen) atoms. The van der Waals surface area contributed by atoms with Gasteiger partial charge in [-0.25, -0.2) is 0 Å². The molecule has 0 N–H and O–H groups in total. The number of furan rings is 1. The number of carbonyl (C=O) groups excluding carboxylic acids is 1. The number of benzene rings is 2. The molecule has 0 aliphatic carbocycles. The van der Waals surface area contributed by atoms with Crippen molar-refractivity contribution >= 4 is 6.29 Å². The van der Waals surface area contributed by atoms with E-state index in [2.05, 4.69) is 0 Å². The van der Waals surface area contributed by atoms with Crippen molar-refractivity contribution in [2.24, 2.45) is 0 Å². The summed E-state index contributed by atoms with van der Waals surface area (Å²) in [6.45, 7) is 0. The molecule has 0 fully saturated rings. The highest BCUT2D eigenvalue weighted by Gasteiger charge is 2.24. The topological polar surface area (TPSA) is 39.4 Å². The minimum absolute atomic E-state index is 0.321. The van der Waals surface area contributed by atoms with Gasteiger partial charge < -0.3 is 9.15 Å². The largest absolute Gasteiger partial charge is 0.456 e. The van der Waals surface area contributed by atoms with Gasteiger partial charge in [0.25, 0.3) is 0 Å². The van der Waals surface area contributed by atoms with Gasteiger partial charge in [-0.2, -0.15) is 0 Å². The standard InChI is InChI=1S/C17H10O3/c18-10-11-9-14-12-5-1-3-7-15(12)20-16-8-4-2-6-13(16)17(14)19-11/h1-10H. The van der Waals surface area contributed by atoms with E-state index in [1.54, 1.807) is 6.07 Å². The van der Waals surface area contributed by atoms with E-state index in [1.807, 2.05) is 48.5 Å². The molecule has 4 rings (SSSR count). The van der Waals surface area contributed by atoms with Crippen LogP contribution >= 0.6 is 0 Å². The maximum Gasteiger partial charge on any atom is 0.185 e. The lowest BCUT2D eigenvalue weighted by molar-refractivity contribution is 0.110. The van der Waals surface area contributed by atoms with Crippen molar-refractivity contribution in [3.05, 3.63) is 60.4 Å². The molecule has 3 aromatic rings. The van der Waals surface area contributed by atoms with Gasteiger partial charge in [-0.1, -0.05) is 30.3 Å². The van der Waals surface area contributed by atoms with E-state index in [9.17, 15) is 4.79 Å². The van der Waals surface area contributed by atoms with Gasteiger partial charge in [-0.3, -0.25) is 4.79 Å². The van der Waals surface area contributed by atoms with E-state index in [4.69, 9.17) is 9.15 Å². The van der Waals surface area contributed by atoms with Crippen molar-refractivity contribution in [1.82, 2.24) is 0 Å². The van der Waals surface area contributed by atoms with Gasteiger partial charge in [0.05, 0.1) is 5.56 Å². The van der Waals surface area contributed by atoms with Crippen LogP contribution in [0.25, 0.3) is 22.5 Å². The molecule has 96 valence electrons. The number of carbonyl (C=O) groups is 1. The third kappa shape index (κ3) is 1.50. The fourth-order valence-electron chi connectivity index (χ4n) is 2.51. The van der Waals surface area contributed by atoms with Crippen LogP contribution in [-0.2, 0) is 0 Å². The average Bonchev–Trinajstić information content (AvgIpc) is 2.87. The minimum atomic E-state index is 0.321. The summed E-state index contributed by atoms with van der Waals surface area (Å²) < 4.78 is 11.6. The molecule has 0 radical (unpaired) electrons. The van der Waals surface area contributed by atoms with Crippen LogP contribution < -0.4 is 4.74 Å². The van der Waals surface area contributed by atoms with Crippen molar-refractivity contribution < 1.29 is 13.9 Å². The first-order valence-electron chi connectivity index (χ1n) is 6.32. The number of aldehydes is 1. The molecular weight excluding hydrogens is 252 g/mol. The molecule has 1 aliphatic rings. The lowest BCUT2D eigenvalue weighted by Crippen LogP contribution is -1.85. The zero-order valence-electron chi connectivity index (χ0n) is 10.5. The molecule has 1 aliphatic heterocycles. The Morgan fingerprint density at radius 1 is 0.800 bits per heavy atom. The third-order valence-corrected chi connectivity index (χ3v) is 3.40. The van der Waals surface area contributed by atoms with Gasteiger partial charge in [0.1, 0.15) is 17.3 Å². The summed E-state index contributed by atoms with van der Waals surface area (Å²) in [4.78, 5) is 11.0. The molecule has 1 aromatic heterocycles. The molecule has 0 amide bonds. The van der Waals surface area contributed by atoms with Crippen molar-refractivity contribution in [3.63, 3.8) is 0 Å². The lowest BCUT2D eigenvalue weighted by Gasteiger charge is -2.07. The van der Waals surface area contributed by atoms with E-state index in [1.165, 1.54) is 0 Å². The quantitative estimate of drug-likeness (QED) is 0.473. The summed E-state index contributed by atoms with van der Waals surface area (Å²) in [6.07, 6.45) is 0.723. The number of rotatable bonds is 1. The molecule has 0 saturated carbocycles. The van der Waals surface area contributed by atoms with Gasteiger partial charge in [0.2, 0.25) is 0 Å². The van der Waals surface area contributed by atoms with Crippen molar-refractivity contribution in [3.8, 4) is 33.9 Å². The summed E-state index contributed by atoms with van der Waals surface area (Å²) in [7, 11) is 0. The molecule has 0 bridgehead atoms. The van der Waals surface area contributed by atoms with Crippen LogP contribution in [0.15, 0.2) is 59.0 Å². The highest BCUT2D eigenvalue weighted by atomic mass is 16.5. The summed E-state index contributed by atoms with van der Waals surface area (Å²) in [6, 6.07) is 17.2. The molecular formula is C17H10O3. The second-order valence-electron chi connectivity index (χ2n) is 4.60. The van der Waals surface area contributed by atoms with E-state index in [-0.39, 0.29) is 0 Å². The van der Waals surface area contributed by atoms with Crippen LogP contribution in [0, 0.1) is 0 Å². The second kappa shape index (κ2) is 4.10. The number of hydrogen-bond acceptors (Lipinski definition) is 3. The number of para-hydroxylation sites is 2. The molecule has 2 heterocycles. The Balaban J connectivity index is 2.11. The van der Waals surface area contributed by atoms with Crippen molar-refractivity contribution in [2.45, 2.75) is 0 Å². The molecule has 3 heteroatoms. The van der Waals surface area contributed by atoms with Crippen LogP contribution in [0.2, 0.25) is 0 Å². The van der Waals surface area contributed by atoms with Gasteiger partial charge in [0.15, 0.2) is 12.0 Å². The third-order valence-electron chi connectivity index (χ3n) is 3.40. The Labute approximate surface area is 115 Å². The Morgan fingerprint density at radius 2 is 1.45 bits per heavy atom. The van der Waals surface area contributed by atoms with Gasteiger partial charge >= 0.3 is 0 Å². The van der Waals surface area contributed by atoms with Crippen LogP contribution in [0.1, 0.15) is 10.6 Å². The summed E-state index contributed by atoms with van der Waals surface area (Å²) in [5.41, 5.74) is 2.66. The van der Waals surface area contributed by atoms with Gasteiger partial charge in [-0.05, 0) is 24.3 Å². The van der Waals surface area contributed by atoms with Crippen LogP contribution in [0.5, 0.6) is 11.5 Å². The van der Waals surface area contributed by atoms with Gasteiger partial charge in [0, 0.05) is 11.1 Å². The lowest BCUT2D eigenvalue weighted by atomic mass is 10.0. The summed E-state index contributed by atoms with van der Waals surface area (Å²) in [5, 5.41) is 0. The monoisotopic (exact) mass is 262 g/mol. The van der Waals surface area contributed by atoms with Crippen molar-refractivity contribution in [2.75, 3.05) is 0 Å². The fraction of sp³-hybridized carbons (Fsp3) is 0. The highest BCUT2D eigenvalue weighted by molar-refractivity contribution is 5.90. The molecule has 0 saturated heterocycles. The normalized spacial score (nSPS) is 11.6. The van der Waals surface area contributed by atoms with Crippen molar-refractivity contribution in [1.29, 1.82) is 0 Å². The van der Waals surface area contributed by atoms with E-state index >= 15 is 0 Å². The predicted molar refractivity (Wildman–Crippen MR) is 75.0 cm³/mol. The van der Waals surface area contributed by atoms with Gasteiger partial charge in [-0.15, -0.1) is 0 Å². The Kier molecular flexibility index (Phi) is 2.27. The number of fused-ring (bicyclic) bond motifs is 5.